The van der Waals surface area contributed by atoms with Gasteiger partial charge in [0, 0.05) is 6.61 Å². The highest BCUT2D eigenvalue weighted by atomic mass is 16.5. The number of benzene rings is 1. The molecule has 0 amide bonds. The minimum Gasteiger partial charge on any atom is -0.376 e. The fourth-order valence-corrected chi connectivity index (χ4v) is 2.90. The maximum absolute atomic E-state index is 5.88. The van der Waals surface area contributed by atoms with Gasteiger partial charge in [0.25, 0.3) is 0 Å². The van der Waals surface area contributed by atoms with Crippen LogP contribution < -0.4 is 5.32 Å². The second-order valence-corrected chi connectivity index (χ2v) is 6.45. The van der Waals surface area contributed by atoms with E-state index in [2.05, 4.69) is 57.3 Å². The van der Waals surface area contributed by atoms with E-state index in [1.54, 1.807) is 0 Å². The van der Waals surface area contributed by atoms with Gasteiger partial charge in [-0.05, 0) is 42.3 Å². The topological polar surface area (TPSA) is 21.3 Å². The Labute approximate surface area is 123 Å². The van der Waals surface area contributed by atoms with Gasteiger partial charge in [-0.15, -0.1) is 0 Å². The summed E-state index contributed by atoms with van der Waals surface area (Å²) in [5.41, 5.74) is 3.04. The molecule has 1 aliphatic rings. The smallest absolute Gasteiger partial charge is 0.0770 e. The van der Waals surface area contributed by atoms with Crippen molar-refractivity contribution in [3.8, 4) is 0 Å². The van der Waals surface area contributed by atoms with Crippen LogP contribution in [-0.4, -0.2) is 19.3 Å². The van der Waals surface area contributed by atoms with Gasteiger partial charge in [0.15, 0.2) is 0 Å². The Balaban J connectivity index is 2.17. The lowest BCUT2D eigenvalue weighted by Gasteiger charge is -2.27. The van der Waals surface area contributed by atoms with Gasteiger partial charge in [0.1, 0.15) is 0 Å². The SMILES string of the molecule is CCNC(c1ccc(C(C)(C)CC)cc1)C1CCCO1. The van der Waals surface area contributed by atoms with Crippen molar-refractivity contribution in [1.82, 2.24) is 5.32 Å². The normalized spacial score (nSPS) is 21.1. The number of hydrogen-bond acceptors (Lipinski definition) is 2. The van der Waals surface area contributed by atoms with Gasteiger partial charge in [-0.1, -0.05) is 52.0 Å². The van der Waals surface area contributed by atoms with E-state index in [1.807, 2.05) is 0 Å². The van der Waals surface area contributed by atoms with Crippen molar-refractivity contribution in [1.29, 1.82) is 0 Å². The molecule has 1 aromatic rings. The molecule has 2 nitrogen and oxygen atoms in total. The Kier molecular flexibility index (Phi) is 5.22. The van der Waals surface area contributed by atoms with Crippen LogP contribution in [-0.2, 0) is 10.2 Å². The molecule has 1 aliphatic heterocycles. The van der Waals surface area contributed by atoms with E-state index in [4.69, 9.17) is 4.74 Å². The Morgan fingerprint density at radius 3 is 2.45 bits per heavy atom. The molecule has 0 saturated carbocycles. The van der Waals surface area contributed by atoms with Crippen molar-refractivity contribution in [3.63, 3.8) is 0 Å². The van der Waals surface area contributed by atoms with E-state index in [1.165, 1.54) is 24.0 Å². The van der Waals surface area contributed by atoms with E-state index in [-0.39, 0.29) is 5.41 Å². The summed E-state index contributed by atoms with van der Waals surface area (Å²) < 4.78 is 5.88. The summed E-state index contributed by atoms with van der Waals surface area (Å²) in [6, 6.07) is 9.47. The van der Waals surface area contributed by atoms with Crippen LogP contribution in [0.4, 0.5) is 0 Å². The molecule has 2 unspecified atom stereocenters. The molecule has 0 aliphatic carbocycles. The molecule has 1 N–H and O–H groups in total. The first-order valence-electron chi connectivity index (χ1n) is 8.04. The predicted molar refractivity (Wildman–Crippen MR) is 85.2 cm³/mol. The zero-order valence-corrected chi connectivity index (χ0v) is 13.4. The Bertz CT molecular complexity index is 404. The molecular weight excluding hydrogens is 246 g/mol. The van der Waals surface area contributed by atoms with E-state index in [9.17, 15) is 0 Å². The van der Waals surface area contributed by atoms with Crippen molar-refractivity contribution in [2.75, 3.05) is 13.2 Å². The standard InChI is InChI=1S/C18H29NO/c1-5-18(3,4)15-11-9-14(10-12-15)17(19-6-2)16-8-7-13-20-16/h9-12,16-17,19H,5-8,13H2,1-4H3. The molecule has 1 saturated heterocycles. The minimum atomic E-state index is 0.260. The second-order valence-electron chi connectivity index (χ2n) is 6.45. The second kappa shape index (κ2) is 6.73. The van der Waals surface area contributed by atoms with Gasteiger partial charge in [0.05, 0.1) is 12.1 Å². The van der Waals surface area contributed by atoms with Crippen molar-refractivity contribution in [2.24, 2.45) is 0 Å². The van der Waals surface area contributed by atoms with Crippen LogP contribution in [0, 0.1) is 0 Å². The van der Waals surface area contributed by atoms with Crippen LogP contribution in [0.15, 0.2) is 24.3 Å². The summed E-state index contributed by atoms with van der Waals surface area (Å²) >= 11 is 0. The molecule has 20 heavy (non-hydrogen) atoms. The minimum absolute atomic E-state index is 0.260. The van der Waals surface area contributed by atoms with Crippen LogP contribution in [0.2, 0.25) is 0 Å². The number of nitrogens with one attached hydrogen (secondary N) is 1. The first kappa shape index (κ1) is 15.5. The monoisotopic (exact) mass is 275 g/mol. The average molecular weight is 275 g/mol. The number of likely N-dealkylation sites (N-methyl/N-ethyl adjacent to an activating group) is 1. The lowest BCUT2D eigenvalue weighted by molar-refractivity contribution is 0.0788. The first-order chi connectivity index (χ1) is 9.58. The molecule has 2 heteroatoms. The molecule has 0 spiro atoms. The van der Waals surface area contributed by atoms with Crippen LogP contribution in [0.3, 0.4) is 0 Å². The lowest BCUT2D eigenvalue weighted by Crippen LogP contribution is -2.31. The number of rotatable bonds is 6. The molecule has 2 atom stereocenters. The van der Waals surface area contributed by atoms with E-state index >= 15 is 0 Å². The van der Waals surface area contributed by atoms with Gasteiger partial charge < -0.3 is 10.1 Å². The zero-order chi connectivity index (χ0) is 14.6. The summed E-state index contributed by atoms with van der Waals surface area (Å²) in [6.45, 7) is 10.9. The summed E-state index contributed by atoms with van der Waals surface area (Å²) in [7, 11) is 0. The molecule has 1 aromatic carbocycles. The van der Waals surface area contributed by atoms with Crippen molar-refractivity contribution < 1.29 is 4.74 Å². The molecule has 1 fully saturated rings. The van der Waals surface area contributed by atoms with Gasteiger partial charge in [-0.25, -0.2) is 0 Å². The quantitative estimate of drug-likeness (QED) is 0.840. The zero-order valence-electron chi connectivity index (χ0n) is 13.4. The third-order valence-corrected chi connectivity index (χ3v) is 4.70. The molecule has 0 radical (unpaired) electrons. The third kappa shape index (κ3) is 3.42. The summed E-state index contributed by atoms with van der Waals surface area (Å²) in [6.07, 6.45) is 3.85. The van der Waals surface area contributed by atoms with E-state index < -0.39 is 0 Å². The summed E-state index contributed by atoms with van der Waals surface area (Å²) in [5, 5.41) is 3.59. The Hall–Kier alpha value is -0.860. The van der Waals surface area contributed by atoms with Crippen LogP contribution >= 0.6 is 0 Å². The van der Waals surface area contributed by atoms with Gasteiger partial charge >= 0.3 is 0 Å². The largest absolute Gasteiger partial charge is 0.376 e. The first-order valence-corrected chi connectivity index (χ1v) is 8.04. The molecule has 0 aromatic heterocycles. The molecular formula is C18H29NO. The summed E-state index contributed by atoms with van der Waals surface area (Å²) in [5.74, 6) is 0. The van der Waals surface area contributed by atoms with Crippen LogP contribution in [0.5, 0.6) is 0 Å². The maximum Gasteiger partial charge on any atom is 0.0770 e. The Morgan fingerprint density at radius 1 is 1.25 bits per heavy atom. The highest BCUT2D eigenvalue weighted by molar-refractivity contribution is 5.30. The highest BCUT2D eigenvalue weighted by Crippen LogP contribution is 2.30. The number of ether oxygens (including phenoxy) is 1. The fraction of sp³-hybridized carbons (Fsp3) is 0.667. The van der Waals surface area contributed by atoms with Crippen LogP contribution in [0.25, 0.3) is 0 Å². The maximum atomic E-state index is 5.88. The highest BCUT2D eigenvalue weighted by Gasteiger charge is 2.27. The van der Waals surface area contributed by atoms with Gasteiger partial charge in [-0.3, -0.25) is 0 Å². The lowest BCUT2D eigenvalue weighted by atomic mass is 9.81. The molecule has 2 rings (SSSR count). The number of hydrogen-bond donors (Lipinski definition) is 1. The van der Waals surface area contributed by atoms with Crippen LogP contribution in [0.1, 0.15) is 64.1 Å². The average Bonchev–Trinajstić information content (AvgIpc) is 2.99. The summed E-state index contributed by atoms with van der Waals surface area (Å²) in [4.78, 5) is 0. The fourth-order valence-electron chi connectivity index (χ4n) is 2.90. The van der Waals surface area contributed by atoms with Gasteiger partial charge in [0.2, 0.25) is 0 Å². The van der Waals surface area contributed by atoms with Crippen molar-refractivity contribution >= 4 is 0 Å². The van der Waals surface area contributed by atoms with E-state index in [0.717, 1.165) is 19.6 Å². The predicted octanol–water partition coefficient (Wildman–Crippen LogP) is 4.20. The molecule has 112 valence electrons. The van der Waals surface area contributed by atoms with E-state index in [0.29, 0.717) is 12.1 Å². The Morgan fingerprint density at radius 2 is 1.95 bits per heavy atom. The van der Waals surface area contributed by atoms with Crippen molar-refractivity contribution in [3.05, 3.63) is 35.4 Å². The van der Waals surface area contributed by atoms with Crippen molar-refractivity contribution in [2.45, 2.75) is 64.5 Å². The molecule has 0 bridgehead atoms. The molecule has 1 heterocycles. The van der Waals surface area contributed by atoms with Gasteiger partial charge in [-0.2, -0.15) is 0 Å². The third-order valence-electron chi connectivity index (χ3n) is 4.70.